The smallest absolute Gasteiger partial charge is 0.182 e. The van der Waals surface area contributed by atoms with Gasteiger partial charge in [-0.1, -0.05) is 24.8 Å². The summed E-state index contributed by atoms with van der Waals surface area (Å²) in [5.74, 6) is -1.53. The van der Waals surface area contributed by atoms with Crippen molar-refractivity contribution in [2.75, 3.05) is 0 Å². The Hall–Kier alpha value is -0.760. The van der Waals surface area contributed by atoms with E-state index in [1.54, 1.807) is 0 Å². The first-order chi connectivity index (χ1) is 4.09. The highest BCUT2D eigenvalue weighted by atomic mass is 35.5. The van der Waals surface area contributed by atoms with Gasteiger partial charge in [-0.2, -0.15) is 0 Å². The second-order valence-electron chi connectivity index (χ2n) is 1.31. The monoisotopic (exact) mass is 148 g/mol. The molecule has 0 aliphatic carbocycles. The molecule has 0 radical (unpaired) electrons. The van der Waals surface area contributed by atoms with E-state index in [0.717, 1.165) is 6.08 Å². The minimum Gasteiger partial charge on any atom is -0.505 e. The Bertz CT molecular complexity index is 172. The Kier molecular flexibility index (Phi) is 3.02. The first kappa shape index (κ1) is 8.24. The van der Waals surface area contributed by atoms with Crippen molar-refractivity contribution in [1.82, 2.24) is 0 Å². The summed E-state index contributed by atoms with van der Waals surface area (Å²) in [7, 11) is 0. The van der Waals surface area contributed by atoms with Gasteiger partial charge >= 0.3 is 0 Å². The molecule has 0 rings (SSSR count). The van der Waals surface area contributed by atoms with Gasteiger partial charge in [0.1, 0.15) is 0 Å². The van der Waals surface area contributed by atoms with Crippen molar-refractivity contribution in [3.63, 3.8) is 0 Å². The van der Waals surface area contributed by atoms with E-state index in [-0.39, 0.29) is 5.03 Å². The van der Waals surface area contributed by atoms with Crippen LogP contribution < -0.4 is 0 Å². The second-order valence-corrected chi connectivity index (χ2v) is 1.76. The summed E-state index contributed by atoms with van der Waals surface area (Å²) in [6.45, 7) is 6.17. The fourth-order valence-electron chi connectivity index (χ4n) is 0.229. The highest BCUT2D eigenvalue weighted by Gasteiger charge is 2.01. The van der Waals surface area contributed by atoms with Crippen LogP contribution in [0.4, 0.5) is 4.39 Å². The highest BCUT2D eigenvalue weighted by molar-refractivity contribution is 6.31. The maximum atomic E-state index is 12.2. The lowest BCUT2D eigenvalue weighted by Crippen LogP contribution is -1.79. The van der Waals surface area contributed by atoms with E-state index >= 15 is 0 Å². The number of allylic oxidation sites excluding steroid dienone is 3. The number of aliphatic hydroxyl groups excluding tert-OH is 1. The molecule has 0 saturated heterocycles. The largest absolute Gasteiger partial charge is 0.505 e. The van der Waals surface area contributed by atoms with Crippen LogP contribution in [0.1, 0.15) is 0 Å². The van der Waals surface area contributed by atoms with E-state index in [4.69, 9.17) is 16.7 Å². The summed E-state index contributed by atoms with van der Waals surface area (Å²) in [5, 5.41) is 8.21. The topological polar surface area (TPSA) is 20.2 Å². The third-order valence-electron chi connectivity index (χ3n) is 0.656. The molecule has 0 aliphatic rings. The van der Waals surface area contributed by atoms with E-state index in [9.17, 15) is 4.39 Å². The molecular formula is C6H6ClFO. The van der Waals surface area contributed by atoms with Crippen molar-refractivity contribution in [1.29, 1.82) is 0 Å². The number of hydrogen-bond donors (Lipinski definition) is 1. The molecule has 0 fully saturated rings. The summed E-state index contributed by atoms with van der Waals surface area (Å²) in [5.41, 5.74) is 0. The zero-order valence-corrected chi connectivity index (χ0v) is 5.45. The lowest BCUT2D eigenvalue weighted by Gasteiger charge is -1.92. The Morgan fingerprint density at radius 2 is 2.11 bits per heavy atom. The Morgan fingerprint density at radius 3 is 2.22 bits per heavy atom. The average molecular weight is 149 g/mol. The fourth-order valence-corrected chi connectivity index (χ4v) is 0.325. The maximum absolute atomic E-state index is 12.2. The van der Waals surface area contributed by atoms with Crippen LogP contribution in [0.2, 0.25) is 0 Å². The third-order valence-corrected chi connectivity index (χ3v) is 0.822. The Balaban J connectivity index is 4.47. The van der Waals surface area contributed by atoms with Crippen molar-refractivity contribution >= 4 is 11.6 Å². The number of halogens is 2. The fraction of sp³-hybridized carbons (Fsp3) is 0. The first-order valence-electron chi connectivity index (χ1n) is 2.15. The zero-order valence-electron chi connectivity index (χ0n) is 4.69. The molecular weight excluding hydrogens is 143 g/mol. The first-order valence-corrected chi connectivity index (χ1v) is 2.53. The van der Waals surface area contributed by atoms with Crippen molar-refractivity contribution in [3.05, 3.63) is 35.9 Å². The molecule has 0 aromatic rings. The quantitative estimate of drug-likeness (QED) is 0.472. The predicted molar refractivity (Wildman–Crippen MR) is 36.0 cm³/mol. The predicted octanol–water partition coefficient (Wildman–Crippen LogP) is 2.66. The van der Waals surface area contributed by atoms with E-state index in [0.29, 0.717) is 0 Å². The van der Waals surface area contributed by atoms with E-state index in [1.165, 1.54) is 0 Å². The molecule has 0 atom stereocenters. The lowest BCUT2D eigenvalue weighted by atomic mass is 10.4. The van der Waals surface area contributed by atoms with Crippen LogP contribution in [-0.4, -0.2) is 5.11 Å². The highest BCUT2D eigenvalue weighted by Crippen LogP contribution is 2.16. The van der Waals surface area contributed by atoms with Crippen LogP contribution in [0.25, 0.3) is 0 Å². The molecule has 0 unspecified atom stereocenters. The number of hydrogen-bond acceptors (Lipinski definition) is 1. The molecule has 0 aromatic carbocycles. The van der Waals surface area contributed by atoms with Crippen LogP contribution in [0.15, 0.2) is 35.9 Å². The number of aliphatic hydroxyl groups is 1. The lowest BCUT2D eigenvalue weighted by molar-refractivity contribution is 0.406. The minimum absolute atomic E-state index is 0.326. The molecule has 0 spiro atoms. The van der Waals surface area contributed by atoms with Gasteiger partial charge in [0.2, 0.25) is 0 Å². The molecule has 0 aliphatic heterocycles. The molecule has 0 amide bonds. The van der Waals surface area contributed by atoms with Crippen LogP contribution in [-0.2, 0) is 0 Å². The van der Waals surface area contributed by atoms with E-state index in [1.807, 2.05) is 0 Å². The maximum Gasteiger partial charge on any atom is 0.182 e. The van der Waals surface area contributed by atoms with Gasteiger partial charge < -0.3 is 5.11 Å². The standard InChI is InChI=1S/C6H6ClFO/c1-3-5(9)6(8)4(2)7/h3,9H,1-2H2/b6-5-. The normalized spacial score (nSPS) is 12.2. The minimum atomic E-state index is -0.938. The number of rotatable bonds is 2. The van der Waals surface area contributed by atoms with Crippen molar-refractivity contribution in [2.24, 2.45) is 0 Å². The summed E-state index contributed by atoms with van der Waals surface area (Å²) in [6.07, 6.45) is 0.947. The molecule has 50 valence electrons. The zero-order chi connectivity index (χ0) is 7.44. The molecule has 9 heavy (non-hydrogen) atoms. The Labute approximate surface area is 57.8 Å². The molecule has 0 saturated carbocycles. The SMILES string of the molecule is C=C/C(O)=C(/F)C(=C)Cl. The van der Waals surface area contributed by atoms with Crippen LogP contribution in [0, 0.1) is 0 Å². The van der Waals surface area contributed by atoms with Crippen LogP contribution in [0.5, 0.6) is 0 Å². The van der Waals surface area contributed by atoms with Gasteiger partial charge in [-0.05, 0) is 6.08 Å². The van der Waals surface area contributed by atoms with Gasteiger partial charge in [0.15, 0.2) is 11.6 Å². The molecule has 1 nitrogen and oxygen atoms in total. The summed E-state index contributed by atoms with van der Waals surface area (Å²) >= 11 is 5.07. The van der Waals surface area contributed by atoms with Gasteiger partial charge in [0.05, 0.1) is 5.03 Å². The van der Waals surface area contributed by atoms with Gasteiger partial charge in [-0.15, -0.1) is 0 Å². The van der Waals surface area contributed by atoms with Crippen LogP contribution >= 0.6 is 11.6 Å². The van der Waals surface area contributed by atoms with E-state index < -0.39 is 11.6 Å². The molecule has 0 bridgehead atoms. The molecule has 0 heterocycles. The van der Waals surface area contributed by atoms with Gasteiger partial charge in [0.25, 0.3) is 0 Å². The molecule has 1 N–H and O–H groups in total. The van der Waals surface area contributed by atoms with Crippen molar-refractivity contribution in [3.8, 4) is 0 Å². The summed E-state index contributed by atoms with van der Waals surface area (Å²) in [4.78, 5) is 0. The van der Waals surface area contributed by atoms with E-state index in [2.05, 4.69) is 13.2 Å². The third kappa shape index (κ3) is 2.33. The second kappa shape index (κ2) is 3.30. The van der Waals surface area contributed by atoms with Crippen LogP contribution in [0.3, 0.4) is 0 Å². The molecule has 3 heteroatoms. The van der Waals surface area contributed by atoms with Gasteiger partial charge in [-0.3, -0.25) is 0 Å². The summed E-state index contributed by atoms with van der Waals surface area (Å²) < 4.78 is 12.2. The average Bonchev–Trinajstić information content (AvgIpc) is 1.84. The molecule has 0 aromatic heterocycles. The van der Waals surface area contributed by atoms with Crippen molar-refractivity contribution in [2.45, 2.75) is 0 Å². The summed E-state index contributed by atoms with van der Waals surface area (Å²) in [6, 6.07) is 0. The Morgan fingerprint density at radius 1 is 1.67 bits per heavy atom. The van der Waals surface area contributed by atoms with Gasteiger partial charge in [-0.25, -0.2) is 4.39 Å². The van der Waals surface area contributed by atoms with Crippen molar-refractivity contribution < 1.29 is 9.50 Å². The van der Waals surface area contributed by atoms with Gasteiger partial charge in [0, 0.05) is 0 Å².